The Balaban J connectivity index is 1.76. The number of carbonyl (C=O) groups excluding carboxylic acids is 1. The predicted octanol–water partition coefficient (Wildman–Crippen LogP) is 3.64. The highest BCUT2D eigenvalue weighted by atomic mass is 32.2. The summed E-state index contributed by atoms with van der Waals surface area (Å²) in [5, 5.41) is 2.34. The van der Waals surface area contributed by atoms with Gasteiger partial charge in [-0.15, -0.1) is 13.2 Å². The zero-order valence-corrected chi connectivity index (χ0v) is 17.5. The highest BCUT2D eigenvalue weighted by Gasteiger charge is 2.33. The molecule has 0 saturated carbocycles. The zero-order valence-electron chi connectivity index (χ0n) is 16.7. The maximum Gasteiger partial charge on any atom is 0.573 e. The van der Waals surface area contributed by atoms with Crippen molar-refractivity contribution in [3.63, 3.8) is 0 Å². The van der Waals surface area contributed by atoms with Crippen molar-refractivity contribution in [3.8, 4) is 5.75 Å². The van der Waals surface area contributed by atoms with Crippen LogP contribution in [0.5, 0.6) is 5.75 Å². The van der Waals surface area contributed by atoms with Crippen LogP contribution in [0, 0.1) is 0 Å². The third-order valence-electron chi connectivity index (χ3n) is 4.50. The highest BCUT2D eigenvalue weighted by Crippen LogP contribution is 2.30. The number of sulfonamides is 1. The van der Waals surface area contributed by atoms with E-state index in [-0.39, 0.29) is 41.4 Å². The minimum atomic E-state index is -4.91. The van der Waals surface area contributed by atoms with E-state index in [1.165, 1.54) is 46.8 Å². The van der Waals surface area contributed by atoms with Gasteiger partial charge in [0, 0.05) is 18.7 Å². The minimum absolute atomic E-state index is 0.00570. The molecular formula is C20H21F3N2O5S. The van der Waals surface area contributed by atoms with Crippen LogP contribution in [0.15, 0.2) is 53.4 Å². The number of alkyl halides is 3. The SMILES string of the molecule is C[C@H]1CN(S(=O)(=O)c2ccc(C(=O)Nc3ccccc3OC(F)(F)F)cc2)C[C@H](C)O1. The van der Waals surface area contributed by atoms with Gasteiger partial charge in [0.2, 0.25) is 10.0 Å². The molecule has 1 heterocycles. The monoisotopic (exact) mass is 458 g/mol. The first-order chi connectivity index (χ1) is 14.5. The molecule has 2 atom stereocenters. The fraction of sp³-hybridized carbons (Fsp3) is 0.350. The molecule has 0 unspecified atom stereocenters. The van der Waals surface area contributed by atoms with Crippen molar-refractivity contribution < 1.29 is 35.9 Å². The average Bonchev–Trinajstić information content (AvgIpc) is 2.67. The summed E-state index contributed by atoms with van der Waals surface area (Å²) in [6.45, 7) is 3.99. The van der Waals surface area contributed by atoms with Gasteiger partial charge in [-0.1, -0.05) is 12.1 Å². The summed E-state index contributed by atoms with van der Waals surface area (Å²) in [7, 11) is -3.78. The van der Waals surface area contributed by atoms with Crippen molar-refractivity contribution in [2.45, 2.75) is 37.3 Å². The number of anilines is 1. The molecule has 168 valence electrons. The lowest BCUT2D eigenvalue weighted by Gasteiger charge is -2.34. The molecular weight excluding hydrogens is 437 g/mol. The van der Waals surface area contributed by atoms with Gasteiger partial charge in [0.25, 0.3) is 5.91 Å². The number of hydrogen-bond acceptors (Lipinski definition) is 5. The Morgan fingerprint density at radius 2 is 1.65 bits per heavy atom. The number of morpholine rings is 1. The highest BCUT2D eigenvalue weighted by molar-refractivity contribution is 7.89. The summed E-state index contributed by atoms with van der Waals surface area (Å²) in [6.07, 6.45) is -5.41. The number of benzene rings is 2. The third-order valence-corrected chi connectivity index (χ3v) is 6.35. The standard InChI is InChI=1S/C20H21F3N2O5S/c1-13-11-25(12-14(2)29-13)31(27,28)16-9-7-15(8-10-16)19(26)24-17-5-3-4-6-18(17)30-20(21,22)23/h3-10,13-14H,11-12H2,1-2H3,(H,24,26)/t13-,14-/m0/s1. The fourth-order valence-corrected chi connectivity index (χ4v) is 4.82. The molecule has 1 aliphatic rings. The first kappa shape index (κ1) is 23.0. The van der Waals surface area contributed by atoms with Crippen molar-refractivity contribution in [3.05, 3.63) is 54.1 Å². The van der Waals surface area contributed by atoms with Gasteiger partial charge in [-0.25, -0.2) is 8.42 Å². The van der Waals surface area contributed by atoms with Crippen LogP contribution in [0.25, 0.3) is 0 Å². The van der Waals surface area contributed by atoms with Crippen LogP contribution in [0.3, 0.4) is 0 Å². The molecule has 2 aromatic rings. The molecule has 1 fully saturated rings. The fourth-order valence-electron chi connectivity index (χ4n) is 3.23. The van der Waals surface area contributed by atoms with Gasteiger partial charge in [0.05, 0.1) is 22.8 Å². The van der Waals surface area contributed by atoms with Gasteiger partial charge in [-0.2, -0.15) is 4.31 Å². The second kappa shape index (κ2) is 8.85. The summed E-state index contributed by atoms with van der Waals surface area (Å²) in [5.41, 5.74) is -0.0951. The average molecular weight is 458 g/mol. The molecule has 31 heavy (non-hydrogen) atoms. The van der Waals surface area contributed by atoms with Gasteiger partial charge in [0.1, 0.15) is 0 Å². The summed E-state index contributed by atoms with van der Waals surface area (Å²) in [6, 6.07) is 10.3. The van der Waals surface area contributed by atoms with Gasteiger partial charge in [-0.05, 0) is 50.2 Å². The van der Waals surface area contributed by atoms with E-state index < -0.39 is 28.0 Å². The molecule has 1 saturated heterocycles. The van der Waals surface area contributed by atoms with Crippen molar-refractivity contribution in [1.82, 2.24) is 4.31 Å². The lowest BCUT2D eigenvalue weighted by molar-refractivity contribution is -0.274. The van der Waals surface area contributed by atoms with E-state index in [1.807, 2.05) is 0 Å². The van der Waals surface area contributed by atoms with E-state index in [2.05, 4.69) is 10.1 Å². The van der Waals surface area contributed by atoms with Crippen LogP contribution in [-0.2, 0) is 14.8 Å². The maximum atomic E-state index is 12.9. The number of hydrogen-bond donors (Lipinski definition) is 1. The predicted molar refractivity (Wildman–Crippen MR) is 106 cm³/mol. The van der Waals surface area contributed by atoms with Crippen molar-refractivity contribution in [1.29, 1.82) is 0 Å². The van der Waals surface area contributed by atoms with Gasteiger partial charge >= 0.3 is 6.36 Å². The maximum absolute atomic E-state index is 12.9. The smallest absolute Gasteiger partial charge is 0.404 e. The summed E-state index contributed by atoms with van der Waals surface area (Å²) in [4.78, 5) is 12.5. The number of halogens is 3. The molecule has 2 aromatic carbocycles. The molecule has 11 heteroatoms. The van der Waals surface area contributed by atoms with Crippen LogP contribution in [-0.4, -0.2) is 50.3 Å². The second-order valence-corrected chi connectivity index (χ2v) is 9.04. The number of nitrogens with zero attached hydrogens (tertiary/aromatic N) is 1. The normalized spacial score (nSPS) is 20.3. The van der Waals surface area contributed by atoms with Crippen LogP contribution in [0.4, 0.5) is 18.9 Å². The molecule has 0 aromatic heterocycles. The topological polar surface area (TPSA) is 84.9 Å². The Labute approximate surface area is 177 Å². The van der Waals surface area contributed by atoms with Crippen LogP contribution in [0.1, 0.15) is 24.2 Å². The molecule has 0 radical (unpaired) electrons. The Bertz CT molecular complexity index is 1030. The summed E-state index contributed by atoms with van der Waals surface area (Å²) in [5.74, 6) is -1.27. The largest absolute Gasteiger partial charge is 0.573 e. The number of carbonyl (C=O) groups is 1. The Kier molecular flexibility index (Phi) is 6.58. The van der Waals surface area contributed by atoms with E-state index in [1.54, 1.807) is 13.8 Å². The minimum Gasteiger partial charge on any atom is -0.404 e. The number of amides is 1. The zero-order chi connectivity index (χ0) is 22.8. The quantitative estimate of drug-likeness (QED) is 0.740. The lowest BCUT2D eigenvalue weighted by atomic mass is 10.2. The van der Waals surface area contributed by atoms with E-state index >= 15 is 0 Å². The van der Waals surface area contributed by atoms with Crippen molar-refractivity contribution in [2.75, 3.05) is 18.4 Å². The number of rotatable bonds is 5. The molecule has 0 aliphatic carbocycles. The molecule has 0 bridgehead atoms. The third kappa shape index (κ3) is 5.75. The van der Waals surface area contributed by atoms with Crippen molar-refractivity contribution in [2.24, 2.45) is 0 Å². The second-order valence-electron chi connectivity index (χ2n) is 7.10. The Morgan fingerprint density at radius 1 is 1.06 bits per heavy atom. The van der Waals surface area contributed by atoms with E-state index in [9.17, 15) is 26.4 Å². The molecule has 1 N–H and O–H groups in total. The van der Waals surface area contributed by atoms with Crippen LogP contribution < -0.4 is 10.1 Å². The molecule has 3 rings (SSSR count). The molecule has 1 aliphatic heterocycles. The molecule has 7 nitrogen and oxygen atoms in total. The number of nitrogens with one attached hydrogen (secondary N) is 1. The van der Waals surface area contributed by atoms with Gasteiger partial charge in [-0.3, -0.25) is 4.79 Å². The first-order valence-electron chi connectivity index (χ1n) is 9.37. The van der Waals surface area contributed by atoms with Crippen LogP contribution in [0.2, 0.25) is 0 Å². The lowest BCUT2D eigenvalue weighted by Crippen LogP contribution is -2.48. The van der Waals surface area contributed by atoms with E-state index in [0.29, 0.717) is 0 Å². The van der Waals surface area contributed by atoms with Crippen molar-refractivity contribution >= 4 is 21.6 Å². The van der Waals surface area contributed by atoms with Crippen LogP contribution >= 0.6 is 0 Å². The number of ether oxygens (including phenoxy) is 2. The first-order valence-corrected chi connectivity index (χ1v) is 10.8. The number of para-hydroxylation sites is 2. The molecule has 0 spiro atoms. The van der Waals surface area contributed by atoms with E-state index in [0.717, 1.165) is 6.07 Å². The van der Waals surface area contributed by atoms with Gasteiger partial charge in [0.15, 0.2) is 5.75 Å². The summed E-state index contributed by atoms with van der Waals surface area (Å²) >= 11 is 0. The summed E-state index contributed by atoms with van der Waals surface area (Å²) < 4.78 is 74.1. The van der Waals surface area contributed by atoms with E-state index in [4.69, 9.17) is 4.74 Å². The molecule has 1 amide bonds. The Hall–Kier alpha value is -2.63. The Morgan fingerprint density at radius 3 is 2.23 bits per heavy atom. The van der Waals surface area contributed by atoms with Gasteiger partial charge < -0.3 is 14.8 Å².